The fourth-order valence-electron chi connectivity index (χ4n) is 2.18. The summed E-state index contributed by atoms with van der Waals surface area (Å²) in [4.78, 5) is 0. The Morgan fingerprint density at radius 1 is 1.23 bits per heavy atom. The second kappa shape index (κ2) is 8.90. The molecule has 0 amide bonds. The molecule has 0 heterocycles. The van der Waals surface area contributed by atoms with Crippen molar-refractivity contribution in [3.05, 3.63) is 29.8 Å². The van der Waals surface area contributed by atoms with Crippen molar-refractivity contribution < 1.29 is 13.5 Å². The Hall–Kier alpha value is -1.40. The van der Waals surface area contributed by atoms with Crippen LogP contribution < -0.4 is 4.72 Å². The highest BCUT2D eigenvalue weighted by Gasteiger charge is 2.09. The number of rotatable bonds is 10. The van der Waals surface area contributed by atoms with Crippen molar-refractivity contribution in [1.29, 1.82) is 5.41 Å². The summed E-state index contributed by atoms with van der Waals surface area (Å²) < 4.78 is 24.6. The van der Waals surface area contributed by atoms with E-state index in [4.69, 9.17) is 5.41 Å². The maximum Gasteiger partial charge on any atom is 0.229 e. The van der Waals surface area contributed by atoms with E-state index in [0.29, 0.717) is 24.2 Å². The molecule has 0 fully saturated rings. The fraction of sp³-hybridized carbons (Fsp3) is 0.562. The van der Waals surface area contributed by atoms with E-state index in [2.05, 4.69) is 11.6 Å². The van der Waals surface area contributed by atoms with Crippen LogP contribution in [0.25, 0.3) is 0 Å². The van der Waals surface area contributed by atoms with Crippen LogP contribution in [-0.4, -0.2) is 25.5 Å². The van der Waals surface area contributed by atoms with E-state index >= 15 is 0 Å². The Kier molecular flexibility index (Phi) is 7.55. The number of hydrogen-bond acceptors (Lipinski definition) is 4. The summed E-state index contributed by atoms with van der Waals surface area (Å²) in [5, 5.41) is 18.0. The molecule has 0 spiro atoms. The number of aliphatic hydroxyl groups is 1. The van der Waals surface area contributed by atoms with Crippen molar-refractivity contribution in [2.45, 2.75) is 51.6 Å². The molecule has 0 aliphatic heterocycles. The first kappa shape index (κ1) is 18.6. The summed E-state index contributed by atoms with van der Waals surface area (Å²) in [5.41, 5.74) is 1.90. The summed E-state index contributed by atoms with van der Waals surface area (Å²) in [6.45, 7) is 2.13. The van der Waals surface area contributed by atoms with Gasteiger partial charge in [-0.3, -0.25) is 4.72 Å². The number of hydrogen-bond donors (Lipinski definition) is 3. The second-order valence-corrected chi connectivity index (χ2v) is 7.36. The average Bonchev–Trinajstić information content (AvgIpc) is 2.44. The first-order valence-electron chi connectivity index (χ1n) is 7.64. The molecule has 3 N–H and O–H groups in total. The third kappa shape index (κ3) is 7.56. The van der Waals surface area contributed by atoms with Crippen LogP contribution in [0.4, 0.5) is 5.69 Å². The Morgan fingerprint density at radius 2 is 1.86 bits per heavy atom. The SMILES string of the molecule is CCCCCC(=N)CCC(O)c1ccc(NS(C)(=O)=O)cc1. The minimum atomic E-state index is -3.28. The van der Waals surface area contributed by atoms with E-state index in [9.17, 15) is 13.5 Å². The van der Waals surface area contributed by atoms with Crippen LogP contribution in [0.5, 0.6) is 0 Å². The highest BCUT2D eigenvalue weighted by Crippen LogP contribution is 2.21. The molecule has 22 heavy (non-hydrogen) atoms. The van der Waals surface area contributed by atoms with Crippen molar-refractivity contribution in [3.8, 4) is 0 Å². The van der Waals surface area contributed by atoms with Crippen LogP contribution in [0, 0.1) is 5.41 Å². The van der Waals surface area contributed by atoms with Crippen LogP contribution in [0.1, 0.15) is 57.1 Å². The van der Waals surface area contributed by atoms with Gasteiger partial charge in [-0.1, -0.05) is 31.9 Å². The van der Waals surface area contributed by atoms with Gasteiger partial charge in [0.15, 0.2) is 0 Å². The van der Waals surface area contributed by atoms with Crippen molar-refractivity contribution in [1.82, 2.24) is 0 Å². The molecule has 0 aliphatic carbocycles. The van der Waals surface area contributed by atoms with E-state index in [-0.39, 0.29) is 0 Å². The average molecular weight is 326 g/mol. The van der Waals surface area contributed by atoms with Gasteiger partial charge in [0, 0.05) is 11.4 Å². The normalized spacial score (nSPS) is 12.9. The number of sulfonamides is 1. The summed E-state index contributed by atoms with van der Waals surface area (Å²) in [6.07, 6.45) is 5.70. The molecule has 0 saturated carbocycles. The Bertz CT molecular complexity index is 568. The Balaban J connectivity index is 2.45. The maximum absolute atomic E-state index is 11.1. The monoisotopic (exact) mass is 326 g/mol. The Morgan fingerprint density at radius 3 is 2.41 bits per heavy atom. The predicted octanol–water partition coefficient (Wildman–Crippen LogP) is 3.47. The van der Waals surface area contributed by atoms with E-state index in [1.54, 1.807) is 24.3 Å². The molecular formula is C16H26N2O3S. The van der Waals surface area contributed by atoms with Gasteiger partial charge in [-0.25, -0.2) is 8.42 Å². The molecule has 0 aromatic heterocycles. The second-order valence-electron chi connectivity index (χ2n) is 5.61. The van der Waals surface area contributed by atoms with Gasteiger partial charge in [0.25, 0.3) is 0 Å². The predicted molar refractivity (Wildman–Crippen MR) is 91.0 cm³/mol. The lowest BCUT2D eigenvalue weighted by Gasteiger charge is -2.12. The van der Waals surface area contributed by atoms with Crippen molar-refractivity contribution in [2.75, 3.05) is 11.0 Å². The zero-order chi connectivity index (χ0) is 16.6. The minimum absolute atomic E-state index is 0.478. The Labute approximate surface area is 133 Å². The van der Waals surface area contributed by atoms with E-state index < -0.39 is 16.1 Å². The minimum Gasteiger partial charge on any atom is -0.388 e. The van der Waals surface area contributed by atoms with E-state index in [1.165, 1.54) is 0 Å². The molecule has 5 nitrogen and oxygen atoms in total. The summed E-state index contributed by atoms with van der Waals surface area (Å²) >= 11 is 0. The van der Waals surface area contributed by atoms with Gasteiger partial charge in [0.1, 0.15) is 0 Å². The van der Waals surface area contributed by atoms with E-state index in [1.807, 2.05) is 0 Å². The zero-order valence-electron chi connectivity index (χ0n) is 13.3. The summed E-state index contributed by atoms with van der Waals surface area (Å²) in [5.74, 6) is 0. The molecule has 1 aromatic carbocycles. The molecule has 124 valence electrons. The summed E-state index contributed by atoms with van der Waals surface area (Å²) in [6, 6.07) is 6.68. The largest absolute Gasteiger partial charge is 0.388 e. The lowest BCUT2D eigenvalue weighted by atomic mass is 10.0. The van der Waals surface area contributed by atoms with Crippen LogP contribution in [0.2, 0.25) is 0 Å². The zero-order valence-corrected chi connectivity index (χ0v) is 14.1. The number of anilines is 1. The molecule has 1 aromatic rings. The standard InChI is InChI=1S/C16H26N2O3S/c1-3-4-5-6-14(17)9-12-16(19)13-7-10-15(11-8-13)18-22(2,20)21/h7-8,10-11,16-19H,3-6,9,12H2,1-2H3. The van der Waals surface area contributed by atoms with Crippen molar-refractivity contribution in [2.24, 2.45) is 0 Å². The molecule has 1 atom stereocenters. The first-order valence-corrected chi connectivity index (χ1v) is 9.53. The molecule has 6 heteroatoms. The topological polar surface area (TPSA) is 90.2 Å². The van der Waals surface area contributed by atoms with Gasteiger partial charge >= 0.3 is 0 Å². The molecule has 0 aliphatic rings. The van der Waals surface area contributed by atoms with Crippen LogP contribution in [0.3, 0.4) is 0 Å². The van der Waals surface area contributed by atoms with Gasteiger partial charge in [-0.05, 0) is 43.4 Å². The summed E-state index contributed by atoms with van der Waals surface area (Å²) in [7, 11) is -3.28. The highest BCUT2D eigenvalue weighted by molar-refractivity contribution is 7.92. The van der Waals surface area contributed by atoms with Crippen LogP contribution in [-0.2, 0) is 10.0 Å². The quantitative estimate of drug-likeness (QED) is 0.454. The molecule has 0 bridgehead atoms. The molecular weight excluding hydrogens is 300 g/mol. The highest BCUT2D eigenvalue weighted by atomic mass is 32.2. The third-order valence-corrected chi connectivity index (χ3v) is 4.01. The lowest BCUT2D eigenvalue weighted by molar-refractivity contribution is 0.170. The van der Waals surface area contributed by atoms with Crippen LogP contribution >= 0.6 is 0 Å². The van der Waals surface area contributed by atoms with Gasteiger partial charge < -0.3 is 10.5 Å². The number of nitrogens with one attached hydrogen (secondary N) is 2. The molecule has 0 radical (unpaired) electrons. The first-order chi connectivity index (χ1) is 10.3. The van der Waals surface area contributed by atoms with Gasteiger partial charge in [0.2, 0.25) is 10.0 Å². The van der Waals surface area contributed by atoms with Gasteiger partial charge in [0.05, 0.1) is 12.4 Å². The fourth-order valence-corrected chi connectivity index (χ4v) is 2.74. The third-order valence-electron chi connectivity index (χ3n) is 3.40. The van der Waals surface area contributed by atoms with E-state index in [0.717, 1.165) is 37.5 Å². The molecule has 0 saturated heterocycles. The molecule has 1 rings (SSSR count). The van der Waals surface area contributed by atoms with Crippen molar-refractivity contribution >= 4 is 21.4 Å². The van der Waals surface area contributed by atoms with Gasteiger partial charge in [-0.15, -0.1) is 0 Å². The maximum atomic E-state index is 11.1. The number of benzene rings is 1. The van der Waals surface area contributed by atoms with Crippen molar-refractivity contribution in [3.63, 3.8) is 0 Å². The number of aliphatic hydroxyl groups excluding tert-OH is 1. The smallest absolute Gasteiger partial charge is 0.229 e. The van der Waals surface area contributed by atoms with Gasteiger partial charge in [-0.2, -0.15) is 0 Å². The lowest BCUT2D eigenvalue weighted by Crippen LogP contribution is -2.09. The number of unbranched alkanes of at least 4 members (excludes halogenated alkanes) is 2. The van der Waals surface area contributed by atoms with Crippen LogP contribution in [0.15, 0.2) is 24.3 Å². The molecule has 1 unspecified atom stereocenters.